The van der Waals surface area contributed by atoms with Crippen molar-refractivity contribution in [3.63, 3.8) is 0 Å². The lowest BCUT2D eigenvalue weighted by atomic mass is 9.93. The summed E-state index contributed by atoms with van der Waals surface area (Å²) in [5.74, 6) is -1.03. The molecule has 2 aromatic rings. The Morgan fingerprint density at radius 2 is 1.65 bits per heavy atom. The van der Waals surface area contributed by atoms with Crippen LogP contribution in [0.1, 0.15) is 48.2 Å². The number of benzene rings is 2. The van der Waals surface area contributed by atoms with Gasteiger partial charge in [0.1, 0.15) is 28.4 Å². The third-order valence-corrected chi connectivity index (χ3v) is 4.34. The van der Waals surface area contributed by atoms with Crippen LogP contribution in [0.15, 0.2) is 36.4 Å². The van der Waals surface area contributed by atoms with Gasteiger partial charge in [0.2, 0.25) is 0 Å². The van der Waals surface area contributed by atoms with Crippen molar-refractivity contribution in [1.29, 1.82) is 0 Å². The molecule has 0 bridgehead atoms. The molecule has 0 aliphatic heterocycles. The maximum atomic E-state index is 13.0. The molecule has 8 heteroatoms. The summed E-state index contributed by atoms with van der Waals surface area (Å²) in [6, 6.07) is 9.80. The fourth-order valence-electron chi connectivity index (χ4n) is 2.96. The van der Waals surface area contributed by atoms with Crippen LogP contribution in [0.2, 0.25) is 0 Å². The SMILES string of the molecule is COc1c(C(CO)CO)cc(OC(=O)OC(C)(C)C)c(C(=O)Oc2ccccc2)c1C. The molecule has 0 unspecified atom stereocenters. The van der Waals surface area contributed by atoms with Gasteiger partial charge >= 0.3 is 12.1 Å². The summed E-state index contributed by atoms with van der Waals surface area (Å²) in [7, 11) is 1.40. The van der Waals surface area contributed by atoms with Crippen molar-refractivity contribution in [3.05, 3.63) is 53.1 Å². The van der Waals surface area contributed by atoms with Gasteiger partial charge < -0.3 is 29.2 Å². The average molecular weight is 432 g/mol. The van der Waals surface area contributed by atoms with Crippen LogP contribution in [-0.4, -0.2) is 48.3 Å². The van der Waals surface area contributed by atoms with Gasteiger partial charge in [-0.15, -0.1) is 0 Å². The molecule has 0 saturated heterocycles. The van der Waals surface area contributed by atoms with Gasteiger partial charge in [0.25, 0.3) is 0 Å². The minimum Gasteiger partial charge on any atom is -0.496 e. The first kappa shape index (κ1) is 24.2. The van der Waals surface area contributed by atoms with E-state index in [0.29, 0.717) is 16.9 Å². The van der Waals surface area contributed by atoms with E-state index >= 15 is 0 Å². The normalized spacial score (nSPS) is 11.2. The van der Waals surface area contributed by atoms with Gasteiger partial charge in [-0.25, -0.2) is 9.59 Å². The quantitative estimate of drug-likeness (QED) is 0.388. The number of carbonyl (C=O) groups excluding carboxylic acids is 2. The van der Waals surface area contributed by atoms with E-state index in [4.69, 9.17) is 18.9 Å². The molecule has 0 aromatic heterocycles. The van der Waals surface area contributed by atoms with E-state index in [2.05, 4.69) is 0 Å². The van der Waals surface area contributed by atoms with Crippen LogP contribution in [-0.2, 0) is 4.74 Å². The monoisotopic (exact) mass is 432 g/mol. The molecule has 2 N–H and O–H groups in total. The highest BCUT2D eigenvalue weighted by molar-refractivity contribution is 5.97. The Labute approximate surface area is 181 Å². The lowest BCUT2D eigenvalue weighted by molar-refractivity contribution is 0.0204. The molecule has 0 aliphatic carbocycles. The molecular weight excluding hydrogens is 404 g/mol. The molecule has 0 heterocycles. The first-order valence-corrected chi connectivity index (χ1v) is 9.72. The minimum atomic E-state index is -1.01. The van der Waals surface area contributed by atoms with Gasteiger partial charge in [0, 0.05) is 17.0 Å². The van der Waals surface area contributed by atoms with Crippen molar-refractivity contribution in [2.24, 2.45) is 0 Å². The molecule has 0 amide bonds. The molecule has 2 rings (SSSR count). The number of methoxy groups -OCH3 is 1. The summed E-state index contributed by atoms with van der Waals surface area (Å²) in [4.78, 5) is 25.3. The topological polar surface area (TPSA) is 112 Å². The van der Waals surface area contributed by atoms with Crippen LogP contribution < -0.4 is 14.2 Å². The molecular formula is C23H28O8. The molecule has 0 radical (unpaired) electrons. The van der Waals surface area contributed by atoms with E-state index in [1.54, 1.807) is 58.0 Å². The van der Waals surface area contributed by atoms with Gasteiger partial charge in [0.15, 0.2) is 0 Å². The largest absolute Gasteiger partial charge is 0.514 e. The van der Waals surface area contributed by atoms with Crippen LogP contribution in [0.25, 0.3) is 0 Å². The summed E-state index contributed by atoms with van der Waals surface area (Å²) in [5, 5.41) is 19.3. The zero-order valence-electron chi connectivity index (χ0n) is 18.3. The van der Waals surface area contributed by atoms with Crippen molar-refractivity contribution in [3.8, 4) is 17.2 Å². The fraction of sp³-hybridized carbons (Fsp3) is 0.391. The third-order valence-electron chi connectivity index (χ3n) is 4.34. The van der Waals surface area contributed by atoms with Crippen molar-refractivity contribution >= 4 is 12.1 Å². The van der Waals surface area contributed by atoms with Crippen LogP contribution >= 0.6 is 0 Å². The van der Waals surface area contributed by atoms with Crippen molar-refractivity contribution in [1.82, 2.24) is 0 Å². The predicted molar refractivity (Wildman–Crippen MR) is 113 cm³/mol. The second kappa shape index (κ2) is 10.3. The van der Waals surface area contributed by atoms with Crippen LogP contribution in [0.4, 0.5) is 4.79 Å². The Kier molecular flexibility index (Phi) is 8.01. The summed E-state index contributed by atoms with van der Waals surface area (Å²) in [6.45, 7) is 5.86. The minimum absolute atomic E-state index is 0.0371. The van der Waals surface area contributed by atoms with E-state index in [1.165, 1.54) is 13.2 Å². The van der Waals surface area contributed by atoms with E-state index in [0.717, 1.165) is 0 Å². The number of hydrogen-bond acceptors (Lipinski definition) is 8. The van der Waals surface area contributed by atoms with Crippen molar-refractivity contribution < 1.29 is 38.7 Å². The summed E-state index contributed by atoms with van der Waals surface area (Å²) in [5.41, 5.74) is -0.152. The zero-order valence-corrected chi connectivity index (χ0v) is 18.3. The Hall–Kier alpha value is -3.10. The van der Waals surface area contributed by atoms with Crippen LogP contribution in [0.3, 0.4) is 0 Å². The van der Waals surface area contributed by atoms with Crippen molar-refractivity contribution in [2.75, 3.05) is 20.3 Å². The van der Waals surface area contributed by atoms with E-state index in [1.807, 2.05) is 0 Å². The Balaban J connectivity index is 2.59. The number of esters is 1. The van der Waals surface area contributed by atoms with Crippen LogP contribution in [0.5, 0.6) is 17.2 Å². The molecule has 0 atom stereocenters. The molecule has 8 nitrogen and oxygen atoms in total. The van der Waals surface area contributed by atoms with Gasteiger partial charge in [-0.05, 0) is 45.9 Å². The Bertz CT molecular complexity index is 911. The van der Waals surface area contributed by atoms with Gasteiger partial charge in [0.05, 0.1) is 20.3 Å². The van der Waals surface area contributed by atoms with E-state index < -0.39 is 23.6 Å². The summed E-state index contributed by atoms with van der Waals surface area (Å²) in [6.07, 6.45) is -1.01. The number of hydrogen-bond donors (Lipinski definition) is 2. The summed E-state index contributed by atoms with van der Waals surface area (Å²) < 4.78 is 21.4. The van der Waals surface area contributed by atoms with Crippen LogP contribution in [0, 0.1) is 6.92 Å². The first-order valence-electron chi connectivity index (χ1n) is 9.72. The highest BCUT2D eigenvalue weighted by atomic mass is 16.7. The van der Waals surface area contributed by atoms with Gasteiger partial charge in [-0.2, -0.15) is 0 Å². The number of rotatable bonds is 7. The number of aliphatic hydroxyl groups excluding tert-OH is 2. The third kappa shape index (κ3) is 6.19. The molecule has 0 saturated carbocycles. The smallest absolute Gasteiger partial charge is 0.496 e. The molecule has 168 valence electrons. The lowest BCUT2D eigenvalue weighted by Crippen LogP contribution is -2.27. The van der Waals surface area contributed by atoms with Crippen molar-refractivity contribution in [2.45, 2.75) is 39.2 Å². The standard InChI is InChI=1S/C23H28O8/c1-14-19(21(26)29-16-9-7-6-8-10-16)18(30-22(27)31-23(2,3)4)11-17(20(14)28-5)15(12-24)13-25/h6-11,15,24-25H,12-13H2,1-5H3. The lowest BCUT2D eigenvalue weighted by Gasteiger charge is -2.23. The molecule has 0 spiro atoms. The maximum absolute atomic E-state index is 13.0. The Morgan fingerprint density at radius 3 is 2.16 bits per heavy atom. The van der Waals surface area contributed by atoms with E-state index in [9.17, 15) is 19.8 Å². The number of ether oxygens (including phenoxy) is 4. The number of carbonyl (C=O) groups is 2. The van der Waals surface area contributed by atoms with E-state index in [-0.39, 0.29) is 30.3 Å². The molecule has 31 heavy (non-hydrogen) atoms. The highest BCUT2D eigenvalue weighted by Crippen LogP contribution is 2.38. The highest BCUT2D eigenvalue weighted by Gasteiger charge is 2.29. The molecule has 2 aromatic carbocycles. The predicted octanol–water partition coefficient (Wildman–Crippen LogP) is 3.60. The first-order chi connectivity index (χ1) is 14.6. The second-order valence-corrected chi connectivity index (χ2v) is 7.83. The summed E-state index contributed by atoms with van der Waals surface area (Å²) >= 11 is 0. The number of para-hydroxylation sites is 1. The molecule has 0 fully saturated rings. The number of aliphatic hydroxyl groups is 2. The van der Waals surface area contributed by atoms with Gasteiger partial charge in [-0.3, -0.25) is 0 Å². The Morgan fingerprint density at radius 1 is 1.03 bits per heavy atom. The molecule has 0 aliphatic rings. The van der Waals surface area contributed by atoms with Gasteiger partial charge in [-0.1, -0.05) is 18.2 Å². The zero-order chi connectivity index (χ0) is 23.2. The maximum Gasteiger partial charge on any atom is 0.514 e. The second-order valence-electron chi connectivity index (χ2n) is 7.83. The fourth-order valence-corrected chi connectivity index (χ4v) is 2.96. The average Bonchev–Trinajstić information content (AvgIpc) is 2.68.